The third-order valence-electron chi connectivity index (χ3n) is 3.94. The molecule has 0 aromatic heterocycles. The van der Waals surface area contributed by atoms with E-state index in [4.69, 9.17) is 4.74 Å². The number of sulfonamides is 1. The predicted octanol–water partition coefficient (Wildman–Crippen LogP) is 0.0672. The van der Waals surface area contributed by atoms with Crippen LogP contribution in [-0.4, -0.2) is 75.7 Å². The number of nitrogens with zero attached hydrogens (tertiary/aromatic N) is 2. The average Bonchev–Trinajstić information content (AvgIpc) is 2.54. The van der Waals surface area contributed by atoms with Gasteiger partial charge in [0, 0.05) is 39.3 Å². The van der Waals surface area contributed by atoms with Gasteiger partial charge in [0.15, 0.2) is 6.61 Å². The van der Waals surface area contributed by atoms with Gasteiger partial charge in [-0.3, -0.25) is 9.69 Å². The summed E-state index contributed by atoms with van der Waals surface area (Å²) in [7, 11) is -3.10. The summed E-state index contributed by atoms with van der Waals surface area (Å²) in [6, 6.07) is 7.54. The number of amides is 1. The Morgan fingerprint density at radius 1 is 1.17 bits per heavy atom. The zero-order valence-electron chi connectivity index (χ0n) is 14.2. The molecule has 0 radical (unpaired) electrons. The van der Waals surface area contributed by atoms with E-state index < -0.39 is 10.0 Å². The van der Waals surface area contributed by atoms with Crippen molar-refractivity contribution in [1.82, 2.24) is 14.5 Å². The highest BCUT2D eigenvalue weighted by molar-refractivity contribution is 7.88. The fraction of sp³-hybridized carbons (Fsp3) is 0.562. The monoisotopic (exact) mass is 355 g/mol. The van der Waals surface area contributed by atoms with Crippen LogP contribution in [-0.2, 0) is 14.8 Å². The molecule has 2 rings (SSSR count). The highest BCUT2D eigenvalue weighted by Gasteiger charge is 2.22. The van der Waals surface area contributed by atoms with Crippen LogP contribution in [0.3, 0.4) is 0 Å². The number of ether oxygens (including phenoxy) is 1. The number of benzene rings is 1. The third-order valence-corrected chi connectivity index (χ3v) is 5.24. The van der Waals surface area contributed by atoms with E-state index >= 15 is 0 Å². The van der Waals surface area contributed by atoms with Crippen molar-refractivity contribution >= 4 is 15.9 Å². The molecule has 0 atom stereocenters. The standard InChI is InChI=1S/C16H25N3O4S/c1-14-3-5-15(6-4-14)23-13-16(20)17-7-8-18-9-11-19(12-10-18)24(2,21)22/h3-6H,7-13H2,1-2H3,(H,17,20). The Morgan fingerprint density at radius 3 is 2.38 bits per heavy atom. The summed E-state index contributed by atoms with van der Waals surface area (Å²) in [6.07, 6.45) is 1.23. The van der Waals surface area contributed by atoms with Crippen LogP contribution in [0.4, 0.5) is 0 Å². The molecule has 1 N–H and O–H groups in total. The second-order valence-corrected chi connectivity index (χ2v) is 7.94. The molecule has 1 aliphatic heterocycles. The van der Waals surface area contributed by atoms with E-state index in [-0.39, 0.29) is 12.5 Å². The number of carbonyl (C=O) groups is 1. The Bertz CT molecular complexity index is 638. The molecule has 0 aliphatic carbocycles. The second-order valence-electron chi connectivity index (χ2n) is 5.96. The first-order valence-electron chi connectivity index (χ1n) is 7.98. The van der Waals surface area contributed by atoms with Gasteiger partial charge in [0.25, 0.3) is 5.91 Å². The molecule has 0 saturated carbocycles. The van der Waals surface area contributed by atoms with E-state index in [2.05, 4.69) is 10.2 Å². The zero-order valence-corrected chi connectivity index (χ0v) is 15.0. The van der Waals surface area contributed by atoms with Gasteiger partial charge in [-0.05, 0) is 19.1 Å². The quantitative estimate of drug-likeness (QED) is 0.749. The van der Waals surface area contributed by atoms with E-state index in [9.17, 15) is 13.2 Å². The molecular weight excluding hydrogens is 330 g/mol. The molecule has 1 aliphatic rings. The average molecular weight is 355 g/mol. The van der Waals surface area contributed by atoms with E-state index in [0.29, 0.717) is 45.0 Å². The fourth-order valence-corrected chi connectivity index (χ4v) is 3.30. The minimum Gasteiger partial charge on any atom is -0.484 e. The number of piperazine rings is 1. The summed E-state index contributed by atoms with van der Waals surface area (Å²) in [5.74, 6) is 0.512. The van der Waals surface area contributed by atoms with Crippen molar-refractivity contribution in [1.29, 1.82) is 0 Å². The van der Waals surface area contributed by atoms with Gasteiger partial charge in [-0.1, -0.05) is 17.7 Å². The third kappa shape index (κ3) is 6.10. The minimum atomic E-state index is -3.10. The van der Waals surface area contributed by atoms with Crippen LogP contribution in [0.1, 0.15) is 5.56 Å². The smallest absolute Gasteiger partial charge is 0.257 e. The maximum Gasteiger partial charge on any atom is 0.257 e. The molecule has 1 aromatic carbocycles. The fourth-order valence-electron chi connectivity index (χ4n) is 2.47. The van der Waals surface area contributed by atoms with Crippen molar-refractivity contribution in [2.75, 3.05) is 52.1 Å². The zero-order chi connectivity index (χ0) is 17.6. The van der Waals surface area contributed by atoms with Crippen molar-refractivity contribution in [3.63, 3.8) is 0 Å². The van der Waals surface area contributed by atoms with Gasteiger partial charge in [0.05, 0.1) is 6.26 Å². The lowest BCUT2D eigenvalue weighted by atomic mass is 10.2. The Labute approximate surface area is 143 Å². The lowest BCUT2D eigenvalue weighted by Gasteiger charge is -2.33. The van der Waals surface area contributed by atoms with E-state index in [1.54, 1.807) is 0 Å². The maximum absolute atomic E-state index is 11.8. The number of hydrogen-bond acceptors (Lipinski definition) is 5. The molecule has 134 valence electrons. The minimum absolute atomic E-state index is 0.00901. The SMILES string of the molecule is Cc1ccc(OCC(=O)NCCN2CCN(S(C)(=O)=O)CC2)cc1. The number of hydrogen-bond donors (Lipinski definition) is 1. The van der Waals surface area contributed by atoms with Crippen LogP contribution in [0.5, 0.6) is 5.75 Å². The molecular formula is C16H25N3O4S. The van der Waals surface area contributed by atoms with E-state index in [1.807, 2.05) is 31.2 Å². The second kappa shape index (κ2) is 8.46. The predicted molar refractivity (Wildman–Crippen MR) is 92.5 cm³/mol. The van der Waals surface area contributed by atoms with Gasteiger partial charge in [-0.15, -0.1) is 0 Å². The molecule has 7 nitrogen and oxygen atoms in total. The van der Waals surface area contributed by atoms with Gasteiger partial charge in [0.2, 0.25) is 10.0 Å². The lowest BCUT2D eigenvalue weighted by Crippen LogP contribution is -2.50. The lowest BCUT2D eigenvalue weighted by molar-refractivity contribution is -0.123. The first kappa shape index (κ1) is 18.7. The van der Waals surface area contributed by atoms with Crippen LogP contribution >= 0.6 is 0 Å². The summed E-state index contributed by atoms with van der Waals surface area (Å²) < 4.78 is 29.8. The summed E-state index contributed by atoms with van der Waals surface area (Å²) >= 11 is 0. The van der Waals surface area contributed by atoms with Crippen molar-refractivity contribution in [3.05, 3.63) is 29.8 Å². The van der Waals surface area contributed by atoms with Crippen LogP contribution in [0.25, 0.3) is 0 Å². The maximum atomic E-state index is 11.8. The van der Waals surface area contributed by atoms with Crippen LogP contribution in [0.15, 0.2) is 24.3 Å². The molecule has 1 amide bonds. The summed E-state index contributed by atoms with van der Waals surface area (Å²) in [5.41, 5.74) is 1.14. The topological polar surface area (TPSA) is 79.0 Å². The molecule has 24 heavy (non-hydrogen) atoms. The molecule has 0 bridgehead atoms. The first-order valence-corrected chi connectivity index (χ1v) is 9.83. The number of rotatable bonds is 7. The van der Waals surface area contributed by atoms with Crippen LogP contribution in [0, 0.1) is 6.92 Å². The van der Waals surface area contributed by atoms with Gasteiger partial charge in [-0.2, -0.15) is 4.31 Å². The highest BCUT2D eigenvalue weighted by Crippen LogP contribution is 2.10. The molecule has 8 heteroatoms. The van der Waals surface area contributed by atoms with E-state index in [0.717, 1.165) is 5.56 Å². The molecule has 1 fully saturated rings. The number of nitrogens with one attached hydrogen (secondary N) is 1. The van der Waals surface area contributed by atoms with Crippen LogP contribution in [0.2, 0.25) is 0 Å². The van der Waals surface area contributed by atoms with Crippen LogP contribution < -0.4 is 10.1 Å². The Morgan fingerprint density at radius 2 is 1.79 bits per heavy atom. The number of carbonyl (C=O) groups excluding carboxylic acids is 1. The van der Waals surface area contributed by atoms with Gasteiger partial charge in [-0.25, -0.2) is 8.42 Å². The molecule has 1 saturated heterocycles. The molecule has 0 unspecified atom stereocenters. The summed E-state index contributed by atoms with van der Waals surface area (Å²) in [4.78, 5) is 13.9. The molecule has 0 spiro atoms. The molecule has 1 heterocycles. The first-order chi connectivity index (χ1) is 11.3. The normalized spacial score (nSPS) is 16.8. The van der Waals surface area contributed by atoms with Gasteiger partial charge < -0.3 is 10.1 Å². The Hall–Kier alpha value is -1.64. The van der Waals surface area contributed by atoms with Crippen molar-refractivity contribution < 1.29 is 17.9 Å². The summed E-state index contributed by atoms with van der Waals surface area (Å²) in [6.45, 7) is 5.58. The summed E-state index contributed by atoms with van der Waals surface area (Å²) in [5, 5.41) is 2.82. The van der Waals surface area contributed by atoms with Crippen molar-refractivity contribution in [2.24, 2.45) is 0 Å². The van der Waals surface area contributed by atoms with Gasteiger partial charge >= 0.3 is 0 Å². The van der Waals surface area contributed by atoms with Crippen molar-refractivity contribution in [2.45, 2.75) is 6.92 Å². The largest absolute Gasteiger partial charge is 0.484 e. The molecule has 1 aromatic rings. The van der Waals surface area contributed by atoms with Gasteiger partial charge in [0.1, 0.15) is 5.75 Å². The van der Waals surface area contributed by atoms with Crippen molar-refractivity contribution in [3.8, 4) is 5.75 Å². The number of aryl methyl sites for hydroxylation is 1. The highest BCUT2D eigenvalue weighted by atomic mass is 32.2. The Kier molecular flexibility index (Phi) is 6.59. The van der Waals surface area contributed by atoms with E-state index in [1.165, 1.54) is 10.6 Å². The Balaban J connectivity index is 1.60.